The number of aliphatic hydroxyl groups is 1. The second-order valence-corrected chi connectivity index (χ2v) is 9.10. The van der Waals surface area contributed by atoms with Crippen LogP contribution in [0.5, 0.6) is 0 Å². The van der Waals surface area contributed by atoms with E-state index in [1.165, 1.54) is 28.6 Å². The van der Waals surface area contributed by atoms with Crippen LogP contribution >= 0.6 is 0 Å². The summed E-state index contributed by atoms with van der Waals surface area (Å²) in [4.78, 5) is 23.0. The third kappa shape index (κ3) is 5.06. The van der Waals surface area contributed by atoms with Gasteiger partial charge in [-0.05, 0) is 44.0 Å². The molecule has 1 saturated carbocycles. The van der Waals surface area contributed by atoms with E-state index in [2.05, 4.69) is 5.32 Å². The Balaban J connectivity index is 2.07. The molecule has 0 aromatic heterocycles. The van der Waals surface area contributed by atoms with E-state index in [0.29, 0.717) is 0 Å². The van der Waals surface area contributed by atoms with Gasteiger partial charge < -0.3 is 15.5 Å². The molecule has 0 bridgehead atoms. The van der Waals surface area contributed by atoms with Crippen molar-refractivity contribution < 1.29 is 28.2 Å². The van der Waals surface area contributed by atoms with Crippen LogP contribution in [0.1, 0.15) is 49.4 Å². The van der Waals surface area contributed by atoms with Gasteiger partial charge in [-0.2, -0.15) is 4.31 Å². The first kappa shape index (κ1) is 21.3. The molecule has 1 aromatic carbocycles. The number of aliphatic carboxylic acids is 1. The average molecular weight is 398 g/mol. The quantitative estimate of drug-likeness (QED) is 0.634. The molecule has 0 saturated heterocycles. The Kier molecular flexibility index (Phi) is 6.61. The maximum absolute atomic E-state index is 12.8. The number of nitrogens with one attached hydrogen (secondary N) is 1. The molecule has 0 radical (unpaired) electrons. The van der Waals surface area contributed by atoms with Crippen LogP contribution in [0.3, 0.4) is 0 Å². The van der Waals surface area contributed by atoms with Gasteiger partial charge in [-0.1, -0.05) is 19.3 Å². The first-order chi connectivity index (χ1) is 12.6. The summed E-state index contributed by atoms with van der Waals surface area (Å²) < 4.78 is 27.0. The van der Waals surface area contributed by atoms with Crippen molar-refractivity contribution in [3.8, 4) is 0 Å². The van der Waals surface area contributed by atoms with E-state index in [9.17, 15) is 23.1 Å². The third-order valence-corrected chi connectivity index (χ3v) is 6.86. The molecule has 8 nitrogen and oxygen atoms in total. The van der Waals surface area contributed by atoms with Crippen molar-refractivity contribution >= 4 is 21.9 Å². The summed E-state index contributed by atoms with van der Waals surface area (Å²) in [5.74, 6) is -2.05. The van der Waals surface area contributed by atoms with E-state index in [4.69, 9.17) is 5.11 Å². The Morgan fingerprint density at radius 1 is 1.19 bits per heavy atom. The highest BCUT2D eigenvalue weighted by Gasteiger charge is 2.31. The fraction of sp³-hybridized carbons (Fsp3) is 0.556. The number of amides is 1. The number of carboxylic acid groups (broad SMARTS) is 1. The van der Waals surface area contributed by atoms with Crippen molar-refractivity contribution in [1.82, 2.24) is 9.62 Å². The number of sulfonamides is 1. The van der Waals surface area contributed by atoms with Crippen molar-refractivity contribution in [2.75, 3.05) is 13.6 Å². The summed E-state index contributed by atoms with van der Waals surface area (Å²) in [5.41, 5.74) is -1.91. The van der Waals surface area contributed by atoms with Gasteiger partial charge in [0.25, 0.3) is 5.91 Å². The average Bonchev–Trinajstić information content (AvgIpc) is 2.66. The molecule has 150 valence electrons. The molecule has 1 amide bonds. The molecule has 1 fully saturated rings. The molecule has 1 aliphatic carbocycles. The van der Waals surface area contributed by atoms with Crippen molar-refractivity contribution in [2.45, 2.75) is 55.6 Å². The maximum atomic E-state index is 12.8. The van der Waals surface area contributed by atoms with Crippen molar-refractivity contribution in [3.63, 3.8) is 0 Å². The second kappa shape index (κ2) is 8.37. The number of carbonyl (C=O) groups is 2. The maximum Gasteiger partial charge on any atom is 0.337 e. The van der Waals surface area contributed by atoms with Gasteiger partial charge in [-0.3, -0.25) is 4.79 Å². The van der Waals surface area contributed by atoms with Gasteiger partial charge in [0, 0.05) is 18.7 Å². The smallest absolute Gasteiger partial charge is 0.337 e. The van der Waals surface area contributed by atoms with E-state index in [0.717, 1.165) is 39.0 Å². The minimum Gasteiger partial charge on any atom is -0.479 e. The van der Waals surface area contributed by atoms with E-state index >= 15 is 0 Å². The molecule has 0 heterocycles. The Hall–Kier alpha value is -1.97. The van der Waals surface area contributed by atoms with Crippen LogP contribution < -0.4 is 5.32 Å². The lowest BCUT2D eigenvalue weighted by molar-refractivity contribution is -0.155. The summed E-state index contributed by atoms with van der Waals surface area (Å²) in [5, 5.41) is 20.8. The zero-order valence-corrected chi connectivity index (χ0v) is 16.3. The lowest BCUT2D eigenvalue weighted by Gasteiger charge is -2.30. The Labute approximate surface area is 159 Å². The molecule has 0 aliphatic heterocycles. The highest BCUT2D eigenvalue weighted by Crippen LogP contribution is 2.26. The predicted molar refractivity (Wildman–Crippen MR) is 98.9 cm³/mol. The summed E-state index contributed by atoms with van der Waals surface area (Å²) in [6, 6.07) is 5.45. The Morgan fingerprint density at radius 3 is 2.26 bits per heavy atom. The highest BCUT2D eigenvalue weighted by atomic mass is 32.2. The standard InChI is InChI=1S/C18H26N2O6S/c1-18(24,17(22)23)12-19-16(21)13-8-10-15(11-9-13)27(25,26)20(2)14-6-4-3-5-7-14/h8-11,14,24H,3-7,12H2,1-2H3,(H,19,21)(H,22,23). The molecule has 3 N–H and O–H groups in total. The molecule has 1 atom stereocenters. The molecular formula is C18H26N2O6S. The fourth-order valence-electron chi connectivity index (χ4n) is 3.02. The predicted octanol–water partition coefficient (Wildman–Crippen LogP) is 1.21. The van der Waals surface area contributed by atoms with E-state index < -0.39 is 34.0 Å². The largest absolute Gasteiger partial charge is 0.479 e. The van der Waals surface area contributed by atoms with Crippen molar-refractivity contribution in [2.24, 2.45) is 0 Å². The number of benzene rings is 1. The summed E-state index contributed by atoms with van der Waals surface area (Å²) >= 11 is 0. The van der Waals surface area contributed by atoms with E-state index in [-0.39, 0.29) is 16.5 Å². The van der Waals surface area contributed by atoms with Crippen LogP contribution in [0, 0.1) is 0 Å². The topological polar surface area (TPSA) is 124 Å². The Morgan fingerprint density at radius 2 is 1.74 bits per heavy atom. The minimum atomic E-state index is -3.64. The first-order valence-corrected chi connectivity index (χ1v) is 10.3. The van der Waals surface area contributed by atoms with Crippen LogP contribution in [-0.4, -0.2) is 60.0 Å². The van der Waals surface area contributed by atoms with Gasteiger partial charge in [-0.25, -0.2) is 13.2 Å². The number of rotatable bonds is 7. The number of carbonyl (C=O) groups excluding carboxylic acids is 1. The summed E-state index contributed by atoms with van der Waals surface area (Å²) in [6.07, 6.45) is 4.86. The monoisotopic (exact) mass is 398 g/mol. The normalized spacial score (nSPS) is 18.1. The van der Waals surface area contributed by atoms with Gasteiger partial charge in [-0.15, -0.1) is 0 Å². The van der Waals surface area contributed by atoms with Gasteiger partial charge >= 0.3 is 5.97 Å². The number of hydrogen-bond donors (Lipinski definition) is 3. The molecule has 1 aromatic rings. The van der Waals surface area contributed by atoms with Crippen LogP contribution in [0.2, 0.25) is 0 Å². The van der Waals surface area contributed by atoms with E-state index in [1.807, 2.05) is 0 Å². The lowest BCUT2D eigenvalue weighted by atomic mass is 9.96. The number of nitrogens with zero attached hydrogens (tertiary/aromatic N) is 1. The van der Waals surface area contributed by atoms with Gasteiger partial charge in [0.1, 0.15) is 0 Å². The van der Waals surface area contributed by atoms with Gasteiger partial charge in [0.05, 0.1) is 11.4 Å². The summed E-state index contributed by atoms with van der Waals surface area (Å²) in [6.45, 7) is 0.609. The van der Waals surface area contributed by atoms with Gasteiger partial charge in [0.2, 0.25) is 10.0 Å². The minimum absolute atomic E-state index is 0.00928. The lowest BCUT2D eigenvalue weighted by Crippen LogP contribution is -2.46. The number of hydrogen-bond acceptors (Lipinski definition) is 5. The Bertz CT molecular complexity index is 783. The molecule has 2 rings (SSSR count). The molecule has 9 heteroatoms. The zero-order valence-electron chi connectivity index (χ0n) is 15.5. The van der Waals surface area contributed by atoms with Crippen LogP contribution in [0.25, 0.3) is 0 Å². The van der Waals surface area contributed by atoms with E-state index in [1.54, 1.807) is 7.05 Å². The van der Waals surface area contributed by atoms with Crippen molar-refractivity contribution in [1.29, 1.82) is 0 Å². The van der Waals surface area contributed by atoms with Crippen molar-refractivity contribution in [3.05, 3.63) is 29.8 Å². The highest BCUT2D eigenvalue weighted by molar-refractivity contribution is 7.89. The second-order valence-electron chi connectivity index (χ2n) is 7.10. The first-order valence-electron chi connectivity index (χ1n) is 8.88. The van der Waals surface area contributed by atoms with Crippen LogP contribution in [0.15, 0.2) is 29.2 Å². The molecule has 0 spiro atoms. The van der Waals surface area contributed by atoms with Gasteiger partial charge in [0.15, 0.2) is 5.60 Å². The zero-order chi connectivity index (χ0) is 20.2. The molecule has 1 unspecified atom stereocenters. The SMILES string of the molecule is CN(C1CCCCC1)S(=O)(=O)c1ccc(C(=O)NCC(C)(O)C(=O)O)cc1. The number of carboxylic acids is 1. The molecule has 27 heavy (non-hydrogen) atoms. The fourth-order valence-corrected chi connectivity index (χ4v) is 4.43. The molecular weight excluding hydrogens is 372 g/mol. The van der Waals surface area contributed by atoms with Crippen LogP contribution in [-0.2, 0) is 14.8 Å². The van der Waals surface area contributed by atoms with Crippen LogP contribution in [0.4, 0.5) is 0 Å². The third-order valence-electron chi connectivity index (χ3n) is 4.94. The molecule has 1 aliphatic rings. The summed E-state index contributed by atoms with van der Waals surface area (Å²) in [7, 11) is -2.06.